The summed E-state index contributed by atoms with van der Waals surface area (Å²) in [6, 6.07) is 4.06. The third-order valence-corrected chi connectivity index (χ3v) is 2.48. The van der Waals surface area contributed by atoms with Gasteiger partial charge in [-0.1, -0.05) is 11.5 Å². The normalized spacial score (nSPS) is 9.90. The number of rotatable bonds is 0. The molecule has 52 valence electrons. The van der Waals surface area contributed by atoms with E-state index in [2.05, 4.69) is 31.3 Å². The molecule has 0 spiro atoms. The van der Waals surface area contributed by atoms with Gasteiger partial charge in [0.05, 0.1) is 0 Å². The number of aryl methyl sites for hydroxylation is 1. The molecular formula is C7H9BS2. The van der Waals surface area contributed by atoms with Crippen molar-refractivity contribution in [3.05, 3.63) is 17.7 Å². The molecule has 0 nitrogen and oxygen atoms in total. The Morgan fingerprint density at radius 2 is 1.80 bits per heavy atom. The van der Waals surface area contributed by atoms with E-state index in [-0.39, 0.29) is 0 Å². The summed E-state index contributed by atoms with van der Waals surface area (Å²) in [6.45, 7) is 2.04. The molecule has 0 aromatic heterocycles. The smallest absolute Gasteiger partial charge is 0.140 e. The molecule has 0 saturated heterocycles. The second kappa shape index (κ2) is 2.93. The van der Waals surface area contributed by atoms with Gasteiger partial charge in [0, 0.05) is 4.90 Å². The maximum Gasteiger partial charge on any atom is 0.140 e. The molecule has 0 N–H and O–H groups in total. The molecule has 0 aliphatic heterocycles. The molecule has 0 saturated carbocycles. The molecule has 0 aliphatic rings. The molecule has 0 unspecified atom stereocenters. The van der Waals surface area contributed by atoms with Crippen LogP contribution in [-0.4, -0.2) is 7.85 Å². The Labute approximate surface area is 73.3 Å². The van der Waals surface area contributed by atoms with Gasteiger partial charge in [-0.2, -0.15) is 0 Å². The van der Waals surface area contributed by atoms with Gasteiger partial charge >= 0.3 is 0 Å². The van der Waals surface area contributed by atoms with Crippen molar-refractivity contribution in [3.8, 4) is 0 Å². The Hall–Kier alpha value is -0.0151. The van der Waals surface area contributed by atoms with Crippen LogP contribution in [0, 0.1) is 6.92 Å². The van der Waals surface area contributed by atoms with Crippen LogP contribution in [0.4, 0.5) is 0 Å². The largest absolute Gasteiger partial charge is 0.144 e. The van der Waals surface area contributed by atoms with E-state index in [0.717, 1.165) is 9.79 Å². The van der Waals surface area contributed by atoms with Crippen LogP contribution in [0.25, 0.3) is 0 Å². The average Bonchev–Trinajstić information content (AvgIpc) is 1.84. The van der Waals surface area contributed by atoms with E-state index in [1.165, 1.54) is 11.0 Å². The van der Waals surface area contributed by atoms with Crippen molar-refractivity contribution < 1.29 is 0 Å². The average molecular weight is 168 g/mol. The predicted octanol–water partition coefficient (Wildman–Crippen LogP) is 0.831. The SMILES string of the molecule is Bc1cc(C)c(S)cc1S. The van der Waals surface area contributed by atoms with Gasteiger partial charge in [0.2, 0.25) is 0 Å². The van der Waals surface area contributed by atoms with E-state index in [1.807, 2.05) is 20.8 Å². The Morgan fingerprint density at radius 1 is 1.20 bits per heavy atom. The fraction of sp³-hybridized carbons (Fsp3) is 0.143. The summed E-state index contributed by atoms with van der Waals surface area (Å²) < 4.78 is 0. The zero-order valence-corrected chi connectivity index (χ0v) is 7.84. The van der Waals surface area contributed by atoms with E-state index in [0.29, 0.717) is 0 Å². The highest BCUT2D eigenvalue weighted by Crippen LogP contribution is 2.14. The summed E-state index contributed by atoms with van der Waals surface area (Å²) >= 11 is 8.53. The van der Waals surface area contributed by atoms with Crippen molar-refractivity contribution in [1.29, 1.82) is 0 Å². The summed E-state index contributed by atoms with van der Waals surface area (Å²) in [6.07, 6.45) is 0. The van der Waals surface area contributed by atoms with Gasteiger partial charge in [-0.15, -0.1) is 25.3 Å². The highest BCUT2D eigenvalue weighted by molar-refractivity contribution is 7.81. The van der Waals surface area contributed by atoms with E-state index >= 15 is 0 Å². The molecular weight excluding hydrogens is 159 g/mol. The summed E-state index contributed by atoms with van der Waals surface area (Å²) in [4.78, 5) is 2.02. The lowest BCUT2D eigenvalue weighted by Gasteiger charge is -2.02. The van der Waals surface area contributed by atoms with E-state index < -0.39 is 0 Å². The summed E-state index contributed by atoms with van der Waals surface area (Å²) in [5, 5.41) is 0. The van der Waals surface area contributed by atoms with E-state index in [9.17, 15) is 0 Å². The molecule has 1 aromatic carbocycles. The zero-order chi connectivity index (χ0) is 7.72. The van der Waals surface area contributed by atoms with Crippen LogP contribution in [-0.2, 0) is 0 Å². The minimum Gasteiger partial charge on any atom is -0.144 e. The molecule has 0 aliphatic carbocycles. The van der Waals surface area contributed by atoms with Gasteiger partial charge in [-0.05, 0) is 23.4 Å². The van der Waals surface area contributed by atoms with Crippen molar-refractivity contribution >= 4 is 38.6 Å². The predicted molar refractivity (Wildman–Crippen MR) is 53.9 cm³/mol. The topological polar surface area (TPSA) is 0 Å². The van der Waals surface area contributed by atoms with Gasteiger partial charge in [-0.3, -0.25) is 0 Å². The molecule has 0 fully saturated rings. The third kappa shape index (κ3) is 1.52. The van der Waals surface area contributed by atoms with Crippen LogP contribution < -0.4 is 5.46 Å². The molecule has 1 rings (SSSR count). The standard InChI is InChI=1S/C7H9BS2/c1-4-2-5(8)7(10)3-6(4)9/h2-3,9-10H,8H2,1H3. The van der Waals surface area contributed by atoms with E-state index in [4.69, 9.17) is 0 Å². The molecule has 0 atom stereocenters. The lowest BCUT2D eigenvalue weighted by atomic mass is 9.94. The van der Waals surface area contributed by atoms with Crippen molar-refractivity contribution in [2.75, 3.05) is 0 Å². The highest BCUT2D eigenvalue weighted by atomic mass is 32.1. The summed E-state index contributed by atoms with van der Waals surface area (Å²) in [5.41, 5.74) is 2.41. The molecule has 0 bridgehead atoms. The summed E-state index contributed by atoms with van der Waals surface area (Å²) in [7, 11) is 2.04. The van der Waals surface area contributed by atoms with Gasteiger partial charge in [-0.25, -0.2) is 0 Å². The second-order valence-corrected chi connectivity index (χ2v) is 3.39. The van der Waals surface area contributed by atoms with Gasteiger partial charge in [0.15, 0.2) is 0 Å². The monoisotopic (exact) mass is 168 g/mol. The quantitative estimate of drug-likeness (QED) is 0.416. The van der Waals surface area contributed by atoms with Gasteiger partial charge < -0.3 is 0 Å². The first-order chi connectivity index (χ1) is 4.61. The highest BCUT2D eigenvalue weighted by Gasteiger charge is 1.96. The minimum absolute atomic E-state index is 1.01. The molecule has 0 heterocycles. The molecule has 0 amide bonds. The van der Waals surface area contributed by atoms with Crippen LogP contribution >= 0.6 is 25.3 Å². The first-order valence-electron chi connectivity index (χ1n) is 3.10. The van der Waals surface area contributed by atoms with Crippen LogP contribution in [0.5, 0.6) is 0 Å². The zero-order valence-electron chi connectivity index (χ0n) is 6.05. The van der Waals surface area contributed by atoms with Crippen LogP contribution in [0.15, 0.2) is 21.9 Å². The first kappa shape index (κ1) is 8.09. The van der Waals surface area contributed by atoms with Crippen LogP contribution in [0.2, 0.25) is 0 Å². The molecule has 0 radical (unpaired) electrons. The molecule has 10 heavy (non-hydrogen) atoms. The van der Waals surface area contributed by atoms with Gasteiger partial charge in [0.1, 0.15) is 7.85 Å². The van der Waals surface area contributed by atoms with Crippen molar-refractivity contribution in [2.24, 2.45) is 0 Å². The van der Waals surface area contributed by atoms with Crippen molar-refractivity contribution in [2.45, 2.75) is 16.7 Å². The van der Waals surface area contributed by atoms with Crippen LogP contribution in [0.3, 0.4) is 0 Å². The Bertz CT molecular complexity index is 208. The lowest BCUT2D eigenvalue weighted by molar-refractivity contribution is 1.27. The number of thiol groups is 2. The van der Waals surface area contributed by atoms with Crippen molar-refractivity contribution in [1.82, 2.24) is 0 Å². The maximum atomic E-state index is 4.27. The van der Waals surface area contributed by atoms with E-state index in [1.54, 1.807) is 0 Å². The van der Waals surface area contributed by atoms with Crippen LogP contribution in [0.1, 0.15) is 5.56 Å². The Kier molecular flexibility index (Phi) is 2.37. The second-order valence-electron chi connectivity index (χ2n) is 2.43. The maximum absolute atomic E-state index is 4.27. The minimum atomic E-state index is 1.01. The van der Waals surface area contributed by atoms with Gasteiger partial charge in [0.25, 0.3) is 0 Å². The van der Waals surface area contributed by atoms with Crippen molar-refractivity contribution in [3.63, 3.8) is 0 Å². The third-order valence-electron chi connectivity index (χ3n) is 1.51. The summed E-state index contributed by atoms with van der Waals surface area (Å²) in [5.74, 6) is 0. The Balaban J connectivity index is 3.28. The fourth-order valence-corrected chi connectivity index (χ4v) is 1.32. The number of benzene rings is 1. The Morgan fingerprint density at radius 3 is 2.30 bits per heavy atom. The molecule has 1 aromatic rings. The molecule has 3 heteroatoms. The number of hydrogen-bond acceptors (Lipinski definition) is 2. The fourth-order valence-electron chi connectivity index (χ4n) is 0.830. The number of hydrogen-bond donors (Lipinski definition) is 2. The lowest BCUT2D eigenvalue weighted by Crippen LogP contribution is -2.05. The first-order valence-corrected chi connectivity index (χ1v) is 4.00.